The molecule has 0 aromatic heterocycles. The zero-order chi connectivity index (χ0) is 13.8. The van der Waals surface area contributed by atoms with Crippen molar-refractivity contribution in [2.75, 3.05) is 0 Å². The van der Waals surface area contributed by atoms with Gasteiger partial charge in [-0.25, -0.2) is 0 Å². The lowest BCUT2D eigenvalue weighted by atomic mass is 10.0. The summed E-state index contributed by atoms with van der Waals surface area (Å²) in [7, 11) is 1.18. The van der Waals surface area contributed by atoms with Crippen molar-refractivity contribution in [2.45, 2.75) is 77.6 Å². The lowest BCUT2D eigenvalue weighted by Crippen LogP contribution is -2.00. The number of aryl methyl sites for hydroxylation is 1. The van der Waals surface area contributed by atoms with Gasteiger partial charge in [0.05, 0.1) is 0 Å². The van der Waals surface area contributed by atoms with E-state index in [9.17, 15) is 0 Å². The van der Waals surface area contributed by atoms with Gasteiger partial charge in [-0.3, -0.25) is 0 Å². The Morgan fingerprint density at radius 2 is 1.16 bits per heavy atom. The molecule has 1 aromatic rings. The van der Waals surface area contributed by atoms with E-state index in [4.69, 9.17) is 0 Å². The first-order chi connectivity index (χ1) is 9.33. The SMILES string of the molecule is CCCCCCCCCCCCc1ccc([SiH3])cc1. The first-order valence-electron chi connectivity index (χ1n) is 8.38. The molecule has 0 N–H and O–H groups in total. The minimum absolute atomic E-state index is 1.18. The Balaban J connectivity index is 1.87. The van der Waals surface area contributed by atoms with Crippen molar-refractivity contribution >= 4 is 15.4 Å². The Bertz CT molecular complexity index is 302. The van der Waals surface area contributed by atoms with Crippen LogP contribution in [0.2, 0.25) is 0 Å². The highest BCUT2D eigenvalue weighted by Crippen LogP contribution is 2.12. The molecule has 0 amide bonds. The number of rotatable bonds is 11. The highest BCUT2D eigenvalue weighted by atomic mass is 28.1. The Hall–Kier alpha value is -0.563. The smallest absolute Gasteiger partial charge is 0.0384 e. The van der Waals surface area contributed by atoms with Crippen molar-refractivity contribution in [1.82, 2.24) is 0 Å². The Labute approximate surface area is 123 Å². The van der Waals surface area contributed by atoms with E-state index >= 15 is 0 Å². The molecular weight excluding hydrogens is 244 g/mol. The van der Waals surface area contributed by atoms with E-state index in [2.05, 4.69) is 31.2 Å². The van der Waals surface area contributed by atoms with E-state index in [-0.39, 0.29) is 0 Å². The molecule has 108 valence electrons. The molecular formula is C18H32Si. The summed E-state index contributed by atoms with van der Waals surface area (Å²) in [6, 6.07) is 9.21. The summed E-state index contributed by atoms with van der Waals surface area (Å²) in [5, 5.41) is 1.51. The molecule has 1 aromatic carbocycles. The third kappa shape index (κ3) is 9.04. The summed E-state index contributed by atoms with van der Waals surface area (Å²) in [5.41, 5.74) is 1.53. The highest BCUT2D eigenvalue weighted by molar-refractivity contribution is 6.32. The maximum Gasteiger partial charge on any atom is 0.0384 e. The van der Waals surface area contributed by atoms with Gasteiger partial charge in [0, 0.05) is 10.2 Å². The topological polar surface area (TPSA) is 0 Å². The molecule has 1 heteroatoms. The lowest BCUT2D eigenvalue weighted by Gasteiger charge is -2.03. The zero-order valence-corrected chi connectivity index (χ0v) is 15.1. The van der Waals surface area contributed by atoms with E-state index in [0.29, 0.717) is 0 Å². The Kier molecular flexibility index (Phi) is 9.79. The molecule has 1 rings (SSSR count). The Morgan fingerprint density at radius 1 is 0.684 bits per heavy atom. The van der Waals surface area contributed by atoms with Crippen molar-refractivity contribution in [3.8, 4) is 0 Å². The fourth-order valence-corrected chi connectivity index (χ4v) is 2.90. The van der Waals surface area contributed by atoms with Crippen LogP contribution in [0.4, 0.5) is 0 Å². The van der Waals surface area contributed by atoms with Crippen molar-refractivity contribution in [2.24, 2.45) is 0 Å². The van der Waals surface area contributed by atoms with Crippen LogP contribution in [-0.4, -0.2) is 10.2 Å². The summed E-state index contributed by atoms with van der Waals surface area (Å²) < 4.78 is 0. The molecule has 0 saturated heterocycles. The highest BCUT2D eigenvalue weighted by Gasteiger charge is 1.95. The molecule has 0 unspecified atom stereocenters. The van der Waals surface area contributed by atoms with Crippen molar-refractivity contribution in [3.63, 3.8) is 0 Å². The Morgan fingerprint density at radius 3 is 1.68 bits per heavy atom. The molecule has 0 heterocycles. The second kappa shape index (κ2) is 11.3. The first-order valence-corrected chi connectivity index (χ1v) is 9.38. The van der Waals surface area contributed by atoms with Crippen LogP contribution >= 0.6 is 0 Å². The summed E-state index contributed by atoms with van der Waals surface area (Å²) in [6.45, 7) is 2.29. The van der Waals surface area contributed by atoms with Gasteiger partial charge in [-0.2, -0.15) is 0 Å². The van der Waals surface area contributed by atoms with E-state index in [1.165, 1.54) is 91.6 Å². The van der Waals surface area contributed by atoms with Gasteiger partial charge in [0.15, 0.2) is 0 Å². The average Bonchev–Trinajstić information content (AvgIpc) is 2.43. The standard InChI is InChI=1S/C18H32Si/c1-2-3-4-5-6-7-8-9-10-11-12-17-13-15-18(19)16-14-17/h13-16H,2-12H2,1,19H3. The van der Waals surface area contributed by atoms with Crippen LogP contribution in [0.5, 0.6) is 0 Å². The third-order valence-electron chi connectivity index (χ3n) is 3.94. The molecule has 0 bridgehead atoms. The number of hydrogen-bond acceptors (Lipinski definition) is 0. The predicted octanol–water partition coefficient (Wildman–Crippen LogP) is 4.14. The third-order valence-corrected chi connectivity index (χ3v) is 4.61. The molecule has 0 aliphatic carbocycles. The van der Waals surface area contributed by atoms with Crippen LogP contribution in [0.3, 0.4) is 0 Å². The second-order valence-electron chi connectivity index (χ2n) is 5.92. The largest absolute Gasteiger partial charge is 0.0707 e. The van der Waals surface area contributed by atoms with Gasteiger partial charge in [0.25, 0.3) is 0 Å². The average molecular weight is 277 g/mol. The summed E-state index contributed by atoms with van der Waals surface area (Å²) in [5.74, 6) is 0. The van der Waals surface area contributed by atoms with Gasteiger partial charge >= 0.3 is 0 Å². The number of unbranched alkanes of at least 4 members (excludes halogenated alkanes) is 9. The molecule has 0 spiro atoms. The zero-order valence-electron chi connectivity index (χ0n) is 13.1. The van der Waals surface area contributed by atoms with Crippen LogP contribution in [0, 0.1) is 0 Å². The monoisotopic (exact) mass is 276 g/mol. The van der Waals surface area contributed by atoms with Crippen LogP contribution in [0.15, 0.2) is 24.3 Å². The minimum atomic E-state index is 1.18. The van der Waals surface area contributed by atoms with Gasteiger partial charge < -0.3 is 0 Å². The van der Waals surface area contributed by atoms with E-state index < -0.39 is 0 Å². The molecule has 19 heavy (non-hydrogen) atoms. The van der Waals surface area contributed by atoms with Crippen LogP contribution in [-0.2, 0) is 6.42 Å². The first kappa shape index (κ1) is 16.5. The number of hydrogen-bond donors (Lipinski definition) is 0. The number of benzene rings is 1. The second-order valence-corrected chi connectivity index (χ2v) is 7.07. The van der Waals surface area contributed by atoms with Crippen LogP contribution < -0.4 is 5.19 Å². The van der Waals surface area contributed by atoms with Gasteiger partial charge in [0.1, 0.15) is 0 Å². The molecule has 0 saturated carbocycles. The van der Waals surface area contributed by atoms with Crippen molar-refractivity contribution in [1.29, 1.82) is 0 Å². The van der Waals surface area contributed by atoms with E-state index in [1.807, 2.05) is 0 Å². The molecule has 0 atom stereocenters. The van der Waals surface area contributed by atoms with Crippen LogP contribution in [0.25, 0.3) is 0 Å². The lowest BCUT2D eigenvalue weighted by molar-refractivity contribution is 0.556. The van der Waals surface area contributed by atoms with Gasteiger partial charge in [-0.05, 0) is 18.4 Å². The van der Waals surface area contributed by atoms with Gasteiger partial charge in [0.2, 0.25) is 0 Å². The fraction of sp³-hybridized carbons (Fsp3) is 0.667. The predicted molar refractivity (Wildman–Crippen MR) is 91.6 cm³/mol. The van der Waals surface area contributed by atoms with Gasteiger partial charge in [-0.15, -0.1) is 0 Å². The molecule has 0 aliphatic heterocycles. The molecule has 0 aliphatic rings. The minimum Gasteiger partial charge on any atom is -0.0707 e. The van der Waals surface area contributed by atoms with Gasteiger partial charge in [-0.1, -0.05) is 94.2 Å². The van der Waals surface area contributed by atoms with Crippen molar-refractivity contribution < 1.29 is 0 Å². The molecule has 0 radical (unpaired) electrons. The summed E-state index contributed by atoms with van der Waals surface area (Å²) in [6.07, 6.45) is 15.6. The maximum atomic E-state index is 2.32. The van der Waals surface area contributed by atoms with E-state index in [1.54, 1.807) is 0 Å². The van der Waals surface area contributed by atoms with Crippen LogP contribution in [0.1, 0.15) is 76.7 Å². The summed E-state index contributed by atoms with van der Waals surface area (Å²) >= 11 is 0. The van der Waals surface area contributed by atoms with Crippen molar-refractivity contribution in [3.05, 3.63) is 29.8 Å². The molecule has 0 fully saturated rings. The molecule has 0 nitrogen and oxygen atoms in total. The normalized spacial score (nSPS) is 11.0. The maximum absolute atomic E-state index is 2.32. The fourth-order valence-electron chi connectivity index (χ4n) is 2.57. The summed E-state index contributed by atoms with van der Waals surface area (Å²) in [4.78, 5) is 0. The van der Waals surface area contributed by atoms with E-state index in [0.717, 1.165) is 0 Å². The quantitative estimate of drug-likeness (QED) is 0.421.